The number of esters is 2. The Bertz CT molecular complexity index is 1470. The molecule has 4 saturated carbocycles. The summed E-state index contributed by atoms with van der Waals surface area (Å²) in [5.41, 5.74) is 2.08. The van der Waals surface area contributed by atoms with E-state index in [9.17, 15) is 14.7 Å². The fourth-order valence-electron chi connectivity index (χ4n) is 13.1. The molecule has 6 rings (SSSR count). The number of carbonyl (C=O) groups is 2. The van der Waals surface area contributed by atoms with Crippen LogP contribution in [0.1, 0.15) is 143 Å². The summed E-state index contributed by atoms with van der Waals surface area (Å²) < 4.78 is 14.8. The highest BCUT2D eigenvalue weighted by Crippen LogP contribution is 2.77. The molecule has 1 saturated heterocycles. The molecule has 0 aromatic carbocycles. The monoisotopic (exact) mass is 705 g/mol. The molecule has 1 N–H and O–H groups in total. The van der Waals surface area contributed by atoms with Crippen molar-refractivity contribution in [2.24, 2.45) is 51.2 Å². The molecule has 51 heavy (non-hydrogen) atoms. The highest BCUT2D eigenvalue weighted by molar-refractivity contribution is 5.78. The normalized spacial score (nSPS) is 40.0. The van der Waals surface area contributed by atoms with Crippen LogP contribution in [0.5, 0.6) is 0 Å². The van der Waals surface area contributed by atoms with Gasteiger partial charge in [-0.2, -0.15) is 0 Å². The molecule has 0 radical (unpaired) electrons. The molecule has 284 valence electrons. The van der Waals surface area contributed by atoms with E-state index in [2.05, 4.69) is 63.5 Å². The number of nitrogens with zero attached hydrogens (tertiary/aromatic N) is 2. The fraction of sp³-hybridized carbons (Fsp3) is 0.795. The maximum absolute atomic E-state index is 14.4. The first kappa shape index (κ1) is 38.3. The number of hydrogen-bond acceptors (Lipinski definition) is 6. The Morgan fingerprint density at radius 2 is 1.65 bits per heavy atom. The summed E-state index contributed by atoms with van der Waals surface area (Å²) in [6.07, 6.45) is 18.7. The molecule has 1 aromatic rings. The van der Waals surface area contributed by atoms with Crippen molar-refractivity contribution in [2.45, 2.75) is 163 Å². The van der Waals surface area contributed by atoms with Gasteiger partial charge in [0.15, 0.2) is 0 Å². The molecule has 7 nitrogen and oxygen atoms in total. The van der Waals surface area contributed by atoms with Gasteiger partial charge in [-0.3, -0.25) is 9.59 Å². The third-order valence-corrected chi connectivity index (χ3v) is 15.8. The van der Waals surface area contributed by atoms with Crippen LogP contribution in [0.25, 0.3) is 0 Å². The number of carbonyl (C=O) groups excluding carboxylic acids is 2. The van der Waals surface area contributed by atoms with Gasteiger partial charge in [-0.25, -0.2) is 4.98 Å². The van der Waals surface area contributed by atoms with Crippen molar-refractivity contribution in [1.29, 1.82) is 0 Å². The van der Waals surface area contributed by atoms with Gasteiger partial charge in [0, 0.05) is 24.1 Å². The summed E-state index contributed by atoms with van der Waals surface area (Å²) in [5.74, 6) is 0.441. The van der Waals surface area contributed by atoms with Crippen LogP contribution < -0.4 is 0 Å². The molecule has 11 atom stereocenters. The summed E-state index contributed by atoms with van der Waals surface area (Å²) in [4.78, 5) is 32.0. The van der Waals surface area contributed by atoms with Crippen molar-refractivity contribution in [3.63, 3.8) is 0 Å². The highest BCUT2D eigenvalue weighted by atomic mass is 16.5. The lowest BCUT2D eigenvalue weighted by Crippen LogP contribution is -2.69. The zero-order chi connectivity index (χ0) is 36.8. The van der Waals surface area contributed by atoms with Gasteiger partial charge in [0.05, 0.1) is 36.6 Å². The summed E-state index contributed by atoms with van der Waals surface area (Å²) in [6, 6.07) is 0. The second-order valence-corrected chi connectivity index (χ2v) is 18.6. The number of aliphatic hydroxyl groups excluding tert-OH is 1. The predicted molar refractivity (Wildman–Crippen MR) is 202 cm³/mol. The number of aryl methyl sites for hydroxylation is 2. The van der Waals surface area contributed by atoms with Crippen LogP contribution in [-0.2, 0) is 25.6 Å². The molecular weight excluding hydrogens is 636 g/mol. The zero-order valence-electron chi connectivity index (χ0n) is 32.8. The van der Waals surface area contributed by atoms with Crippen LogP contribution in [0, 0.1) is 58.2 Å². The molecule has 0 bridgehead atoms. The van der Waals surface area contributed by atoms with E-state index < -0.39 is 16.9 Å². The van der Waals surface area contributed by atoms with Crippen molar-refractivity contribution in [1.82, 2.24) is 9.55 Å². The largest absolute Gasteiger partial charge is 0.465 e. The molecule has 2 heterocycles. The topological polar surface area (TPSA) is 90.7 Å². The molecular formula is C44H68N2O5. The number of unbranched alkanes of at least 4 members (excludes halogenated alkanes) is 7. The number of ether oxygens (including phenoxy) is 2. The van der Waals surface area contributed by atoms with E-state index in [1.807, 2.05) is 13.3 Å². The maximum atomic E-state index is 14.4. The molecule has 4 aliphatic carbocycles. The Morgan fingerprint density at radius 3 is 2.29 bits per heavy atom. The summed E-state index contributed by atoms with van der Waals surface area (Å²) in [6.45, 7) is 23.8. The number of allylic oxidation sites excluding steroid dienone is 2. The second-order valence-electron chi connectivity index (χ2n) is 18.6. The van der Waals surface area contributed by atoms with Gasteiger partial charge in [-0.1, -0.05) is 83.6 Å². The van der Waals surface area contributed by atoms with Crippen LogP contribution >= 0.6 is 0 Å². The minimum atomic E-state index is -0.767. The Kier molecular flexibility index (Phi) is 11.1. The molecule has 0 spiro atoms. The van der Waals surface area contributed by atoms with Crippen molar-refractivity contribution < 1.29 is 24.2 Å². The first-order chi connectivity index (χ1) is 24.2. The van der Waals surface area contributed by atoms with Crippen molar-refractivity contribution in [3.8, 4) is 0 Å². The highest BCUT2D eigenvalue weighted by Gasteiger charge is 2.74. The van der Waals surface area contributed by atoms with Gasteiger partial charge in [0.2, 0.25) is 0 Å². The SMILES string of the molecule is C=C(C)[C@@H]1CC[C@]2(C(=O)OCCCCCCCCCCn3cnc(C)c3)CC[C@]3(C)[C@H](C[C@H]4OC(=O)C[C@@H](O)[C@]5(C)[C@@H]4[C@@]3(C)CC[C@H]5C(=C)C)[C@@H]12. The van der Waals surface area contributed by atoms with Gasteiger partial charge >= 0.3 is 11.9 Å². The van der Waals surface area contributed by atoms with Gasteiger partial charge < -0.3 is 19.1 Å². The average Bonchev–Trinajstić information content (AvgIpc) is 3.65. The van der Waals surface area contributed by atoms with Crippen LogP contribution in [0.2, 0.25) is 0 Å². The minimum Gasteiger partial charge on any atom is -0.465 e. The third-order valence-electron chi connectivity index (χ3n) is 15.8. The van der Waals surface area contributed by atoms with Gasteiger partial charge in [-0.05, 0) is 113 Å². The lowest BCUT2D eigenvalue weighted by Gasteiger charge is -2.71. The number of imidazole rings is 1. The van der Waals surface area contributed by atoms with Crippen LogP contribution in [0.15, 0.2) is 36.8 Å². The first-order valence-electron chi connectivity index (χ1n) is 20.5. The number of aromatic nitrogens is 2. The zero-order valence-corrected chi connectivity index (χ0v) is 32.8. The second kappa shape index (κ2) is 14.8. The smallest absolute Gasteiger partial charge is 0.312 e. The Balaban J connectivity index is 1.11. The fourth-order valence-corrected chi connectivity index (χ4v) is 13.1. The third kappa shape index (κ3) is 6.58. The summed E-state index contributed by atoms with van der Waals surface area (Å²) in [7, 11) is 0. The molecule has 5 aliphatic rings. The van der Waals surface area contributed by atoms with E-state index in [0.29, 0.717) is 6.61 Å². The van der Waals surface area contributed by atoms with E-state index >= 15 is 0 Å². The van der Waals surface area contributed by atoms with E-state index in [1.165, 1.54) is 38.5 Å². The summed E-state index contributed by atoms with van der Waals surface area (Å²) >= 11 is 0. The lowest BCUT2D eigenvalue weighted by molar-refractivity contribution is -0.260. The average molecular weight is 705 g/mol. The number of fused-ring (bicyclic) bond motifs is 4. The number of hydrogen-bond donors (Lipinski definition) is 1. The van der Waals surface area contributed by atoms with Gasteiger partial charge in [0.25, 0.3) is 0 Å². The standard InChI is InChI=1S/C44H68N2O5/c1-29(2)32-17-20-44(40(49)50-24-16-14-12-10-9-11-13-15-23-46-27-31(5)45-28-46)22-21-41(6)34(38(32)44)25-35-39-42(41,7)19-18-33(30(3)4)43(39,8)36(47)26-37(48)51-35/h27-28,32-36,38-39,47H,1,3,9-26H2,2,4-8H3/t32-,33-,34+,35+,36+,38+,39-,41+,42+,43+,44-/m0/s1. The molecule has 7 heteroatoms. The lowest BCUT2D eigenvalue weighted by atomic mass is 9.33. The predicted octanol–water partition coefficient (Wildman–Crippen LogP) is 9.56. The molecule has 0 unspecified atom stereocenters. The van der Waals surface area contributed by atoms with E-state index in [-0.39, 0.29) is 64.9 Å². The summed E-state index contributed by atoms with van der Waals surface area (Å²) in [5, 5.41) is 11.8. The van der Waals surface area contributed by atoms with Gasteiger partial charge in [0.1, 0.15) is 6.10 Å². The molecule has 0 amide bonds. The first-order valence-corrected chi connectivity index (χ1v) is 20.5. The van der Waals surface area contributed by atoms with Crippen molar-refractivity contribution in [2.75, 3.05) is 6.61 Å². The number of rotatable bonds is 14. The van der Waals surface area contributed by atoms with Crippen LogP contribution in [0.3, 0.4) is 0 Å². The maximum Gasteiger partial charge on any atom is 0.312 e. The van der Waals surface area contributed by atoms with Crippen molar-refractivity contribution >= 4 is 11.9 Å². The Labute approximate surface area is 308 Å². The molecule has 5 fully saturated rings. The van der Waals surface area contributed by atoms with Crippen LogP contribution in [-0.4, -0.2) is 45.4 Å². The Morgan fingerprint density at radius 1 is 0.961 bits per heavy atom. The van der Waals surface area contributed by atoms with Gasteiger partial charge in [-0.15, -0.1) is 0 Å². The number of aliphatic hydroxyl groups is 1. The molecule has 1 aromatic heterocycles. The van der Waals surface area contributed by atoms with E-state index in [0.717, 1.165) is 81.2 Å². The van der Waals surface area contributed by atoms with Crippen LogP contribution in [0.4, 0.5) is 0 Å². The van der Waals surface area contributed by atoms with E-state index in [1.54, 1.807) is 0 Å². The van der Waals surface area contributed by atoms with Crippen molar-refractivity contribution in [3.05, 3.63) is 42.5 Å². The van der Waals surface area contributed by atoms with E-state index in [4.69, 9.17) is 9.47 Å². The quantitative estimate of drug-likeness (QED) is 0.118. The Hall–Kier alpha value is -2.41. The molecule has 1 aliphatic heterocycles. The minimum absolute atomic E-state index is 0.00257.